The molecular weight excluding hydrogens is 647 g/mol. The van der Waals surface area contributed by atoms with Crippen molar-refractivity contribution in [3.05, 3.63) is 87.8 Å². The Balaban J connectivity index is 0.00000433. The van der Waals surface area contributed by atoms with Gasteiger partial charge < -0.3 is 20.9 Å². The number of allylic oxidation sites excluding steroid dienone is 1. The number of carbonyl (C=O) groups excluding carboxylic acids is 3. The highest BCUT2D eigenvalue weighted by Crippen LogP contribution is 2.35. The number of hydrogen-bond donors (Lipinski definition) is 3. The van der Waals surface area contributed by atoms with E-state index >= 15 is 0 Å². The first-order valence-electron chi connectivity index (χ1n) is 15.7. The van der Waals surface area contributed by atoms with E-state index in [1.807, 2.05) is 25.1 Å². The third-order valence-electron chi connectivity index (χ3n) is 8.70. The van der Waals surface area contributed by atoms with Crippen LogP contribution in [0.1, 0.15) is 65.8 Å². The monoisotopic (exact) mass is 683 g/mol. The van der Waals surface area contributed by atoms with Crippen molar-refractivity contribution in [2.75, 3.05) is 26.2 Å². The smallest absolute Gasteiger partial charge is 0.270 e. The Morgan fingerprint density at radius 3 is 2.72 bits per heavy atom. The van der Waals surface area contributed by atoms with E-state index in [1.165, 1.54) is 29.2 Å². The number of nitrogens with zero attached hydrogens (tertiary/aromatic N) is 2. The topological polar surface area (TPSA) is 103 Å². The third kappa shape index (κ3) is 8.17. The highest BCUT2D eigenvalue weighted by atomic mass is 35.5. The summed E-state index contributed by atoms with van der Waals surface area (Å²) in [4.78, 5) is 44.9. The first-order valence-corrected chi connectivity index (χ1v) is 16.0. The van der Waals surface area contributed by atoms with Crippen molar-refractivity contribution in [1.29, 1.82) is 0 Å². The zero-order valence-electron chi connectivity index (χ0n) is 25.9. The van der Waals surface area contributed by atoms with Crippen molar-refractivity contribution in [2.24, 2.45) is 5.92 Å². The maximum Gasteiger partial charge on any atom is 0.270 e. The normalized spacial score (nSPS) is 20.1. The second kappa shape index (κ2) is 14.9. The molecular formula is C35H37Cl2F2N5O3. The van der Waals surface area contributed by atoms with Crippen molar-refractivity contribution < 1.29 is 23.2 Å². The van der Waals surface area contributed by atoms with Crippen molar-refractivity contribution in [2.45, 2.75) is 50.9 Å². The number of aromatic nitrogens is 1. The number of hydrogen-bond acceptors (Lipinski definition) is 5. The molecule has 1 saturated carbocycles. The number of likely N-dealkylation sites (tertiary alicyclic amines) is 1. The second-order valence-electron chi connectivity index (χ2n) is 12.2. The standard InChI is InChI=1S/C35H36ClF2N5O3.ClH/c1-20(27-16-28(24-3-2-12-39-17-24)29(36)14-22(27)7-6-21-4-5-21)41-35(46)32-15-26(38)19-43(32)33(44)18-40-34(45)31-10-8-23-13-25(37)9-11-30(23)42-31;/h3,6-11,13-14,16,20-21,26,32,39H,2,4-5,12,15,17-19H2,1H3,(H,40,45)(H,41,46);1H/b7-6+;/t20-,26+,32-;/m0./s1. The van der Waals surface area contributed by atoms with Gasteiger partial charge >= 0.3 is 0 Å². The second-order valence-corrected chi connectivity index (χ2v) is 12.6. The molecule has 1 aromatic heterocycles. The van der Waals surface area contributed by atoms with Crippen molar-refractivity contribution >= 4 is 64.3 Å². The summed E-state index contributed by atoms with van der Waals surface area (Å²) in [6.45, 7) is 2.78. The molecule has 47 heavy (non-hydrogen) atoms. The van der Waals surface area contributed by atoms with Crippen LogP contribution in [-0.4, -0.2) is 66.0 Å². The van der Waals surface area contributed by atoms with Gasteiger partial charge in [0.2, 0.25) is 11.8 Å². The Bertz CT molecular complexity index is 1750. The number of carbonyl (C=O) groups is 3. The number of alkyl halides is 1. The van der Waals surface area contributed by atoms with E-state index in [-0.39, 0.29) is 31.1 Å². The number of fused-ring (bicyclic) bond motifs is 1. The highest BCUT2D eigenvalue weighted by molar-refractivity contribution is 6.32. The average Bonchev–Trinajstić information content (AvgIpc) is 3.80. The fraction of sp³-hybridized carbons (Fsp3) is 0.371. The molecule has 3 aromatic rings. The zero-order valence-corrected chi connectivity index (χ0v) is 27.5. The van der Waals surface area contributed by atoms with Gasteiger partial charge in [0.1, 0.15) is 23.7 Å². The zero-order chi connectivity index (χ0) is 32.4. The lowest BCUT2D eigenvalue weighted by atomic mass is 9.93. The quantitative estimate of drug-likeness (QED) is 0.265. The summed E-state index contributed by atoms with van der Waals surface area (Å²) >= 11 is 6.75. The van der Waals surface area contributed by atoms with E-state index in [1.54, 1.807) is 6.07 Å². The van der Waals surface area contributed by atoms with Crippen LogP contribution < -0.4 is 16.0 Å². The van der Waals surface area contributed by atoms with Crippen molar-refractivity contribution in [3.8, 4) is 0 Å². The van der Waals surface area contributed by atoms with Crippen molar-refractivity contribution in [1.82, 2.24) is 25.8 Å². The summed E-state index contributed by atoms with van der Waals surface area (Å²) in [6.07, 6.45) is 8.07. The molecule has 1 aliphatic carbocycles. The summed E-state index contributed by atoms with van der Waals surface area (Å²) < 4.78 is 28.1. The molecule has 12 heteroatoms. The Morgan fingerprint density at radius 2 is 1.98 bits per heavy atom. The molecule has 3 heterocycles. The fourth-order valence-electron chi connectivity index (χ4n) is 6.02. The molecule has 3 amide bonds. The summed E-state index contributed by atoms with van der Waals surface area (Å²) in [5, 5.41) is 10.1. The molecule has 2 aromatic carbocycles. The van der Waals surface area contributed by atoms with Gasteiger partial charge in [-0.15, -0.1) is 12.4 Å². The molecule has 2 aliphatic heterocycles. The third-order valence-corrected chi connectivity index (χ3v) is 9.01. The number of nitrogens with one attached hydrogen (secondary N) is 3. The minimum Gasteiger partial charge on any atom is -0.348 e. The van der Waals surface area contributed by atoms with Gasteiger partial charge in [0, 0.05) is 23.4 Å². The van der Waals surface area contributed by atoms with Gasteiger partial charge in [-0.05, 0) is 97.3 Å². The molecule has 0 bridgehead atoms. The number of rotatable bonds is 9. The Hall–Kier alpha value is -3.86. The van der Waals surface area contributed by atoms with Gasteiger partial charge in [0.05, 0.1) is 24.6 Å². The lowest BCUT2D eigenvalue weighted by Gasteiger charge is -2.26. The van der Waals surface area contributed by atoms with E-state index in [0.717, 1.165) is 48.1 Å². The molecule has 8 nitrogen and oxygen atoms in total. The van der Waals surface area contributed by atoms with E-state index in [2.05, 4.69) is 33.1 Å². The lowest BCUT2D eigenvalue weighted by Crippen LogP contribution is -2.49. The number of benzene rings is 2. The maximum atomic E-state index is 14.7. The van der Waals surface area contributed by atoms with Crippen LogP contribution >= 0.6 is 24.0 Å². The number of pyridine rings is 1. The van der Waals surface area contributed by atoms with Gasteiger partial charge in [-0.3, -0.25) is 14.4 Å². The van der Waals surface area contributed by atoms with E-state index in [4.69, 9.17) is 11.6 Å². The van der Waals surface area contributed by atoms with Crippen LogP contribution in [0.4, 0.5) is 8.78 Å². The van der Waals surface area contributed by atoms with Crippen LogP contribution in [0.15, 0.2) is 54.6 Å². The Morgan fingerprint density at radius 1 is 1.17 bits per heavy atom. The molecule has 0 radical (unpaired) electrons. The van der Waals surface area contributed by atoms with Gasteiger partial charge in [-0.25, -0.2) is 13.8 Å². The highest BCUT2D eigenvalue weighted by Gasteiger charge is 2.40. The van der Waals surface area contributed by atoms with Gasteiger partial charge in [-0.2, -0.15) is 0 Å². The van der Waals surface area contributed by atoms with Crippen LogP contribution in [0, 0.1) is 11.7 Å². The molecule has 3 aliphatic rings. The van der Waals surface area contributed by atoms with Crippen LogP contribution in [0.5, 0.6) is 0 Å². The minimum absolute atomic E-state index is 0. The first kappa shape index (κ1) is 34.5. The van der Waals surface area contributed by atoms with E-state index < -0.39 is 48.3 Å². The summed E-state index contributed by atoms with van der Waals surface area (Å²) in [5.74, 6) is -1.53. The molecule has 6 rings (SSSR count). The van der Waals surface area contributed by atoms with E-state index in [9.17, 15) is 23.2 Å². The molecule has 2 fully saturated rings. The Labute approximate surface area is 283 Å². The molecule has 1 saturated heterocycles. The van der Waals surface area contributed by atoms with Gasteiger partial charge in [-0.1, -0.05) is 35.9 Å². The largest absolute Gasteiger partial charge is 0.348 e. The van der Waals surface area contributed by atoms with Crippen LogP contribution in [-0.2, 0) is 9.59 Å². The van der Waals surface area contributed by atoms with Gasteiger partial charge in [0.15, 0.2) is 0 Å². The average molecular weight is 685 g/mol. The van der Waals surface area contributed by atoms with Crippen molar-refractivity contribution in [3.63, 3.8) is 0 Å². The van der Waals surface area contributed by atoms with E-state index in [0.29, 0.717) is 28.4 Å². The van der Waals surface area contributed by atoms with Crippen LogP contribution in [0.25, 0.3) is 22.6 Å². The lowest BCUT2D eigenvalue weighted by molar-refractivity contribution is -0.138. The number of amides is 3. The van der Waals surface area contributed by atoms with Crippen LogP contribution in [0.3, 0.4) is 0 Å². The maximum absolute atomic E-state index is 14.7. The molecule has 3 atom stereocenters. The molecule has 3 N–H and O–H groups in total. The summed E-state index contributed by atoms with van der Waals surface area (Å²) in [7, 11) is 0. The summed E-state index contributed by atoms with van der Waals surface area (Å²) in [5.41, 5.74) is 4.25. The Kier molecular flexibility index (Phi) is 10.9. The first-order chi connectivity index (χ1) is 22.2. The molecule has 0 unspecified atom stereocenters. The predicted octanol–water partition coefficient (Wildman–Crippen LogP) is 5.80. The van der Waals surface area contributed by atoms with Crippen LogP contribution in [0.2, 0.25) is 5.02 Å². The SMILES string of the molecule is C[C@H](NC(=O)[C@@H]1C[C@@H](F)CN1C(=O)CNC(=O)c1ccc2cc(F)ccc2n1)c1cc(C2=CCCNC2)c(Cl)cc1/C=C/C1CC1.Cl. The summed E-state index contributed by atoms with van der Waals surface area (Å²) in [6, 6.07) is 9.48. The van der Waals surface area contributed by atoms with Gasteiger partial charge in [0.25, 0.3) is 5.91 Å². The fourth-order valence-corrected chi connectivity index (χ4v) is 6.31. The number of halogens is 4. The molecule has 0 spiro atoms. The molecule has 248 valence electrons. The predicted molar refractivity (Wildman–Crippen MR) is 182 cm³/mol. The minimum atomic E-state index is -1.38.